The second kappa shape index (κ2) is 11.5. The molecule has 2 saturated carbocycles. The van der Waals surface area contributed by atoms with Crippen molar-refractivity contribution in [1.82, 2.24) is 14.7 Å². The molecule has 0 radical (unpaired) electrons. The molecule has 5 nitrogen and oxygen atoms in total. The third-order valence-corrected chi connectivity index (χ3v) is 8.97. The highest BCUT2D eigenvalue weighted by Crippen LogP contribution is 2.36. The largest absolute Gasteiger partial charge is 0.489 e. The van der Waals surface area contributed by atoms with Crippen molar-refractivity contribution in [2.45, 2.75) is 69.1 Å². The Hall–Kier alpha value is -2.08. The number of likely N-dealkylation sites (N-methyl/N-ethyl adjacent to an activating group) is 1. The molecule has 2 aromatic rings. The van der Waals surface area contributed by atoms with Gasteiger partial charge in [-0.25, -0.2) is 0 Å². The Morgan fingerprint density at radius 2 is 1.56 bits per heavy atom. The number of piperazine rings is 1. The fraction of sp³-hybridized carbons (Fsp3) is 0.567. The summed E-state index contributed by atoms with van der Waals surface area (Å²) in [5, 5.41) is 0.657. The van der Waals surface area contributed by atoms with E-state index in [2.05, 4.69) is 41.1 Å². The summed E-state index contributed by atoms with van der Waals surface area (Å²) in [4.78, 5) is 19.9. The number of benzene rings is 2. The quantitative estimate of drug-likeness (QED) is 0.501. The van der Waals surface area contributed by atoms with Crippen molar-refractivity contribution in [3.05, 3.63) is 64.7 Å². The van der Waals surface area contributed by atoms with Crippen LogP contribution in [0.5, 0.6) is 5.75 Å². The van der Waals surface area contributed by atoms with Crippen molar-refractivity contribution in [1.29, 1.82) is 0 Å². The number of hydrogen-bond donors (Lipinski definition) is 0. The van der Waals surface area contributed by atoms with Crippen molar-refractivity contribution in [2.24, 2.45) is 0 Å². The molecule has 36 heavy (non-hydrogen) atoms. The Morgan fingerprint density at radius 1 is 0.889 bits per heavy atom. The third kappa shape index (κ3) is 5.90. The van der Waals surface area contributed by atoms with Crippen LogP contribution < -0.4 is 4.74 Å². The van der Waals surface area contributed by atoms with Gasteiger partial charge in [-0.2, -0.15) is 0 Å². The zero-order chi connectivity index (χ0) is 25.1. The summed E-state index contributed by atoms with van der Waals surface area (Å²) in [7, 11) is 4.15. The maximum Gasteiger partial charge on any atom is 0.253 e. The molecule has 0 bridgehead atoms. The molecule has 1 aliphatic heterocycles. The topological polar surface area (TPSA) is 36.0 Å². The summed E-state index contributed by atoms with van der Waals surface area (Å²) < 4.78 is 6.53. The van der Waals surface area contributed by atoms with Gasteiger partial charge in [0.05, 0.1) is 0 Å². The Kier molecular flexibility index (Phi) is 8.19. The summed E-state index contributed by atoms with van der Waals surface area (Å²) in [6.07, 6.45) is 8.27. The average Bonchev–Trinajstić information content (AvgIpc) is 3.37. The van der Waals surface area contributed by atoms with Crippen LogP contribution >= 0.6 is 11.6 Å². The first-order valence-corrected chi connectivity index (χ1v) is 14.1. The molecule has 2 aromatic carbocycles. The van der Waals surface area contributed by atoms with Gasteiger partial charge in [0.15, 0.2) is 0 Å². The van der Waals surface area contributed by atoms with Crippen LogP contribution in [0.4, 0.5) is 0 Å². The molecule has 3 fully saturated rings. The molecule has 1 amide bonds. The number of carbonyl (C=O) groups is 1. The molecule has 2 atom stereocenters. The lowest BCUT2D eigenvalue weighted by Gasteiger charge is -2.38. The molecule has 0 aromatic heterocycles. The number of rotatable bonds is 6. The van der Waals surface area contributed by atoms with E-state index in [9.17, 15) is 4.79 Å². The van der Waals surface area contributed by atoms with E-state index in [1.54, 1.807) is 12.1 Å². The summed E-state index contributed by atoms with van der Waals surface area (Å²) in [5.74, 6) is 1.64. The molecule has 0 N–H and O–H groups in total. The summed E-state index contributed by atoms with van der Waals surface area (Å²) in [5.41, 5.74) is 2.10. The van der Waals surface area contributed by atoms with Crippen LogP contribution in [0, 0.1) is 0 Å². The lowest BCUT2D eigenvalue weighted by atomic mass is 9.81. The van der Waals surface area contributed by atoms with Crippen molar-refractivity contribution in [2.75, 3.05) is 40.3 Å². The molecule has 194 valence electrons. The Balaban J connectivity index is 1.12. The van der Waals surface area contributed by atoms with E-state index >= 15 is 0 Å². The van der Waals surface area contributed by atoms with Gasteiger partial charge in [-0.1, -0.05) is 23.7 Å². The van der Waals surface area contributed by atoms with E-state index < -0.39 is 0 Å². The fourth-order valence-corrected chi connectivity index (χ4v) is 6.49. The predicted octanol–water partition coefficient (Wildman–Crippen LogP) is 5.69. The van der Waals surface area contributed by atoms with Gasteiger partial charge in [0, 0.05) is 55.9 Å². The maximum atomic E-state index is 12.9. The first-order valence-electron chi connectivity index (χ1n) is 13.7. The standard InChI is InChI=1S/C30H40ClN3O2/c1-32-18-20-34(21-19-32)28-4-3-5-29(28)36-27-16-10-23(11-17-27)22-8-14-26(15-9-22)33(2)30(35)24-6-12-25(31)13-7-24/h6-7,10-13,16-17,22,26,28-29H,3-5,8-9,14-15,18-21H2,1-2H3. The minimum absolute atomic E-state index is 0.0819. The van der Waals surface area contributed by atoms with E-state index in [1.807, 2.05) is 24.1 Å². The number of hydrogen-bond acceptors (Lipinski definition) is 4. The molecule has 2 unspecified atom stereocenters. The van der Waals surface area contributed by atoms with Gasteiger partial charge >= 0.3 is 0 Å². The van der Waals surface area contributed by atoms with Gasteiger partial charge in [-0.3, -0.25) is 9.69 Å². The summed E-state index contributed by atoms with van der Waals surface area (Å²) in [6, 6.07) is 16.9. The first kappa shape index (κ1) is 25.6. The molecular weight excluding hydrogens is 470 g/mol. The van der Waals surface area contributed by atoms with Crippen LogP contribution in [0.1, 0.15) is 66.8 Å². The molecule has 1 heterocycles. The Labute approximate surface area is 221 Å². The highest BCUT2D eigenvalue weighted by Gasteiger charge is 2.35. The number of amides is 1. The van der Waals surface area contributed by atoms with E-state index in [-0.39, 0.29) is 5.91 Å². The normalized spacial score (nSPS) is 27.6. The zero-order valence-electron chi connectivity index (χ0n) is 21.7. The van der Waals surface area contributed by atoms with Crippen LogP contribution in [0.3, 0.4) is 0 Å². The molecule has 0 spiro atoms. The highest BCUT2D eigenvalue weighted by atomic mass is 35.5. The van der Waals surface area contributed by atoms with Crippen LogP contribution in [0.15, 0.2) is 48.5 Å². The smallest absolute Gasteiger partial charge is 0.253 e. The minimum atomic E-state index is 0.0819. The van der Waals surface area contributed by atoms with E-state index in [4.69, 9.17) is 16.3 Å². The van der Waals surface area contributed by atoms with Crippen molar-refractivity contribution in [3.63, 3.8) is 0 Å². The van der Waals surface area contributed by atoms with Gasteiger partial charge < -0.3 is 14.5 Å². The molecule has 3 aliphatic rings. The predicted molar refractivity (Wildman–Crippen MR) is 146 cm³/mol. The molecule has 6 heteroatoms. The Bertz CT molecular complexity index is 996. The maximum absolute atomic E-state index is 12.9. The SMILES string of the molecule is CN1CCN(C2CCCC2Oc2ccc(C3CCC(N(C)C(=O)c4ccc(Cl)cc4)CC3)cc2)CC1. The molecule has 5 rings (SSSR count). The molecular formula is C30H40ClN3O2. The summed E-state index contributed by atoms with van der Waals surface area (Å²) >= 11 is 5.98. The first-order chi connectivity index (χ1) is 17.5. The van der Waals surface area contributed by atoms with Crippen LogP contribution in [0.25, 0.3) is 0 Å². The average molecular weight is 510 g/mol. The lowest BCUT2D eigenvalue weighted by molar-refractivity contribution is 0.0531. The molecule has 2 aliphatic carbocycles. The Morgan fingerprint density at radius 3 is 2.22 bits per heavy atom. The molecule has 1 saturated heterocycles. The number of halogens is 1. The van der Waals surface area contributed by atoms with Gasteiger partial charge in [0.2, 0.25) is 0 Å². The lowest BCUT2D eigenvalue weighted by Crippen LogP contribution is -2.52. The van der Waals surface area contributed by atoms with E-state index in [0.29, 0.717) is 34.7 Å². The van der Waals surface area contributed by atoms with Crippen molar-refractivity contribution < 1.29 is 9.53 Å². The fourth-order valence-electron chi connectivity index (χ4n) is 6.37. The van der Waals surface area contributed by atoms with Gasteiger partial charge in [0.1, 0.15) is 11.9 Å². The number of carbonyl (C=O) groups excluding carboxylic acids is 1. The highest BCUT2D eigenvalue weighted by molar-refractivity contribution is 6.30. The van der Waals surface area contributed by atoms with Crippen LogP contribution in [-0.2, 0) is 0 Å². The van der Waals surface area contributed by atoms with Gasteiger partial charge in [-0.15, -0.1) is 0 Å². The second-order valence-corrected chi connectivity index (χ2v) is 11.4. The van der Waals surface area contributed by atoms with E-state index in [0.717, 1.165) is 64.0 Å². The summed E-state index contributed by atoms with van der Waals surface area (Å²) in [6.45, 7) is 4.63. The van der Waals surface area contributed by atoms with Crippen molar-refractivity contribution >= 4 is 17.5 Å². The van der Waals surface area contributed by atoms with Crippen molar-refractivity contribution in [3.8, 4) is 5.75 Å². The zero-order valence-corrected chi connectivity index (χ0v) is 22.5. The van der Waals surface area contributed by atoms with Gasteiger partial charge in [-0.05, 0) is 99.9 Å². The minimum Gasteiger partial charge on any atom is -0.489 e. The third-order valence-electron chi connectivity index (χ3n) is 8.72. The van der Waals surface area contributed by atoms with E-state index in [1.165, 1.54) is 18.4 Å². The van der Waals surface area contributed by atoms with Crippen LogP contribution in [-0.4, -0.2) is 79.1 Å². The van der Waals surface area contributed by atoms with Crippen LogP contribution in [0.2, 0.25) is 5.02 Å². The number of nitrogens with zero attached hydrogens (tertiary/aromatic N) is 3. The number of ether oxygens (including phenoxy) is 1. The van der Waals surface area contributed by atoms with Gasteiger partial charge in [0.25, 0.3) is 5.91 Å². The monoisotopic (exact) mass is 509 g/mol. The second-order valence-electron chi connectivity index (χ2n) is 11.0.